The maximum atomic E-state index is 13.3. The number of rotatable bonds is 11. The van der Waals surface area contributed by atoms with Crippen LogP contribution in [0.5, 0.6) is 0 Å². The third-order valence-corrected chi connectivity index (χ3v) is 4.67. The van der Waals surface area contributed by atoms with Gasteiger partial charge in [0.2, 0.25) is 5.82 Å². The van der Waals surface area contributed by atoms with Gasteiger partial charge < -0.3 is 9.30 Å². The van der Waals surface area contributed by atoms with E-state index in [9.17, 15) is 14.0 Å². The van der Waals surface area contributed by atoms with E-state index in [1.54, 1.807) is 0 Å². The molecule has 0 aliphatic rings. The van der Waals surface area contributed by atoms with Crippen LogP contribution in [0.2, 0.25) is 0 Å². The van der Waals surface area contributed by atoms with Crippen molar-refractivity contribution in [1.29, 1.82) is 0 Å². The van der Waals surface area contributed by atoms with E-state index in [4.69, 9.17) is 17.0 Å². The monoisotopic (exact) mass is 386 g/mol. The van der Waals surface area contributed by atoms with Gasteiger partial charge in [-0.3, -0.25) is 14.6 Å². The van der Waals surface area contributed by atoms with E-state index in [0.717, 1.165) is 38.3 Å². The first-order chi connectivity index (χ1) is 12.2. The molecule has 1 rings (SSSR count). The van der Waals surface area contributed by atoms with E-state index in [2.05, 4.69) is 32.7 Å². The highest BCUT2D eigenvalue weighted by Gasteiger charge is 2.24. The summed E-state index contributed by atoms with van der Waals surface area (Å²) in [5.41, 5.74) is -0.787. The minimum Gasteiger partial charge on any atom is -0.465 e. The zero-order valence-corrected chi connectivity index (χ0v) is 17.0. The Morgan fingerprint density at radius 2 is 1.88 bits per heavy atom. The van der Waals surface area contributed by atoms with Crippen LogP contribution in [0.3, 0.4) is 0 Å². The molecule has 0 aliphatic heterocycles. The molecule has 7 heteroatoms. The van der Waals surface area contributed by atoms with Crippen LogP contribution in [0.15, 0.2) is 11.0 Å². The van der Waals surface area contributed by atoms with Gasteiger partial charge in [-0.1, -0.05) is 34.1 Å². The van der Waals surface area contributed by atoms with Crippen LogP contribution in [0.25, 0.3) is 0 Å². The van der Waals surface area contributed by atoms with Crippen LogP contribution in [-0.2, 0) is 16.1 Å². The van der Waals surface area contributed by atoms with E-state index in [1.807, 2.05) is 0 Å². The molecule has 0 fully saturated rings. The van der Waals surface area contributed by atoms with Gasteiger partial charge in [-0.05, 0) is 49.7 Å². The number of nitrogens with zero attached hydrogens (tertiary/aromatic N) is 1. The van der Waals surface area contributed by atoms with Gasteiger partial charge in [0.25, 0.3) is 5.56 Å². The molecule has 1 atom stereocenters. The van der Waals surface area contributed by atoms with Crippen LogP contribution in [0.4, 0.5) is 4.39 Å². The molecule has 0 amide bonds. The van der Waals surface area contributed by atoms with Crippen molar-refractivity contribution in [3.8, 4) is 0 Å². The van der Waals surface area contributed by atoms with Gasteiger partial charge in [0.05, 0.1) is 12.5 Å². The maximum absolute atomic E-state index is 13.3. The number of aromatic amines is 1. The quantitative estimate of drug-likeness (QED) is 0.346. The molecule has 1 unspecified atom stereocenters. The molecular formula is C19H31FN2O3S. The number of aryl methyl sites for hydroxylation is 1. The van der Waals surface area contributed by atoms with E-state index < -0.39 is 11.4 Å². The van der Waals surface area contributed by atoms with Gasteiger partial charge in [0, 0.05) is 12.7 Å². The molecule has 1 aromatic rings. The zero-order valence-electron chi connectivity index (χ0n) is 16.2. The van der Waals surface area contributed by atoms with Crippen molar-refractivity contribution in [1.82, 2.24) is 9.55 Å². The number of hydrogen-bond donors (Lipinski definition) is 1. The van der Waals surface area contributed by atoms with Crippen LogP contribution in [-0.4, -0.2) is 22.1 Å². The minimum atomic E-state index is -0.827. The van der Waals surface area contributed by atoms with Crippen molar-refractivity contribution in [3.63, 3.8) is 0 Å². The fraction of sp³-hybridized carbons (Fsp3) is 0.737. The van der Waals surface area contributed by atoms with Crippen LogP contribution >= 0.6 is 12.2 Å². The van der Waals surface area contributed by atoms with Crippen LogP contribution in [0.1, 0.15) is 59.8 Å². The first kappa shape index (κ1) is 22.5. The Bertz CT molecular complexity index is 682. The van der Waals surface area contributed by atoms with Crippen molar-refractivity contribution in [3.05, 3.63) is 27.1 Å². The van der Waals surface area contributed by atoms with Gasteiger partial charge in [0.1, 0.15) is 0 Å². The Hall–Kier alpha value is -1.50. The molecule has 1 aromatic heterocycles. The number of H-pyrrole nitrogens is 1. The van der Waals surface area contributed by atoms with Gasteiger partial charge >= 0.3 is 5.97 Å². The second-order valence-electron chi connectivity index (χ2n) is 7.49. The smallest absolute Gasteiger partial charge is 0.309 e. The lowest BCUT2D eigenvalue weighted by molar-refractivity contribution is -0.151. The molecule has 0 radical (unpaired) electrons. The van der Waals surface area contributed by atoms with Crippen molar-refractivity contribution in [2.24, 2.45) is 17.8 Å². The molecular weight excluding hydrogens is 355 g/mol. The number of halogens is 1. The van der Waals surface area contributed by atoms with E-state index >= 15 is 0 Å². The first-order valence-corrected chi connectivity index (χ1v) is 9.79. The number of unbranched alkanes of at least 4 members (excludes halogenated alkanes) is 3. The van der Waals surface area contributed by atoms with Crippen molar-refractivity contribution < 1.29 is 13.9 Å². The summed E-state index contributed by atoms with van der Waals surface area (Å²) in [6.07, 6.45) is 5.46. The van der Waals surface area contributed by atoms with Gasteiger partial charge in [-0.25, -0.2) is 0 Å². The summed E-state index contributed by atoms with van der Waals surface area (Å²) in [4.78, 5) is 25.6. The minimum absolute atomic E-state index is 0.0352. The Labute approximate surface area is 160 Å². The summed E-state index contributed by atoms with van der Waals surface area (Å²) in [6.45, 7) is 9.33. The Morgan fingerprint density at radius 1 is 1.23 bits per heavy atom. The summed E-state index contributed by atoms with van der Waals surface area (Å²) in [5.74, 6) is -0.200. The highest BCUT2D eigenvalue weighted by molar-refractivity contribution is 7.71. The Morgan fingerprint density at radius 3 is 2.50 bits per heavy atom. The molecule has 148 valence electrons. The zero-order chi connectivity index (χ0) is 19.7. The molecule has 0 saturated heterocycles. The largest absolute Gasteiger partial charge is 0.465 e. The number of nitrogens with one attached hydrogen (secondary N) is 1. The highest BCUT2D eigenvalue weighted by atomic mass is 32.1. The number of esters is 1. The third-order valence-electron chi connectivity index (χ3n) is 4.34. The molecule has 5 nitrogen and oxygen atoms in total. The first-order valence-electron chi connectivity index (χ1n) is 9.38. The van der Waals surface area contributed by atoms with Crippen LogP contribution < -0.4 is 5.56 Å². The topological polar surface area (TPSA) is 64.1 Å². The molecule has 1 N–H and O–H groups in total. The predicted octanol–water partition coefficient (Wildman–Crippen LogP) is 4.47. The molecule has 0 saturated carbocycles. The SMILES string of the molecule is CC(C)CC(C(=O)OCCCCCCn1cc(F)c(=O)[nH]c1=S)C(C)C. The van der Waals surface area contributed by atoms with E-state index in [-0.39, 0.29) is 22.6 Å². The average molecular weight is 387 g/mol. The number of carbonyl (C=O) groups is 1. The van der Waals surface area contributed by atoms with Crippen molar-refractivity contribution >= 4 is 18.2 Å². The summed E-state index contributed by atoms with van der Waals surface area (Å²) >= 11 is 5.01. The second-order valence-corrected chi connectivity index (χ2v) is 7.88. The van der Waals surface area contributed by atoms with Crippen molar-refractivity contribution in [2.45, 2.75) is 66.3 Å². The van der Waals surface area contributed by atoms with E-state index in [1.165, 1.54) is 4.57 Å². The fourth-order valence-electron chi connectivity index (χ4n) is 2.81. The van der Waals surface area contributed by atoms with Gasteiger partial charge in [-0.2, -0.15) is 4.39 Å². The summed E-state index contributed by atoms with van der Waals surface area (Å²) in [6, 6.07) is 0. The molecule has 0 bridgehead atoms. The number of aromatic nitrogens is 2. The summed E-state index contributed by atoms with van der Waals surface area (Å²) in [7, 11) is 0. The summed E-state index contributed by atoms with van der Waals surface area (Å²) in [5, 5.41) is 0. The molecule has 0 aromatic carbocycles. The van der Waals surface area contributed by atoms with Crippen molar-refractivity contribution in [2.75, 3.05) is 6.61 Å². The Kier molecular flexibility index (Phi) is 9.76. The number of hydrogen-bond acceptors (Lipinski definition) is 4. The standard InChI is InChI=1S/C19H31FN2O3S/c1-13(2)11-15(14(3)4)18(24)25-10-8-6-5-7-9-22-12-16(20)17(23)21-19(22)26/h12-15H,5-11H2,1-4H3,(H,21,23,26). The second kappa shape index (κ2) is 11.3. The predicted molar refractivity (Wildman–Crippen MR) is 103 cm³/mol. The van der Waals surface area contributed by atoms with Crippen LogP contribution in [0, 0.1) is 28.3 Å². The lowest BCUT2D eigenvalue weighted by Crippen LogP contribution is -2.24. The fourth-order valence-corrected chi connectivity index (χ4v) is 3.05. The average Bonchev–Trinajstić information content (AvgIpc) is 2.55. The van der Waals surface area contributed by atoms with Gasteiger partial charge in [0.15, 0.2) is 4.77 Å². The Balaban J connectivity index is 2.25. The molecule has 0 spiro atoms. The highest BCUT2D eigenvalue weighted by Crippen LogP contribution is 2.21. The van der Waals surface area contributed by atoms with Gasteiger partial charge in [-0.15, -0.1) is 0 Å². The normalized spacial score (nSPS) is 12.6. The lowest BCUT2D eigenvalue weighted by Gasteiger charge is -2.21. The lowest BCUT2D eigenvalue weighted by atomic mass is 9.88. The molecule has 0 aliphatic carbocycles. The number of carbonyl (C=O) groups excluding carboxylic acids is 1. The summed E-state index contributed by atoms with van der Waals surface area (Å²) < 4.78 is 20.4. The third kappa shape index (κ3) is 7.81. The van der Waals surface area contributed by atoms with E-state index in [0.29, 0.717) is 19.1 Å². The molecule has 26 heavy (non-hydrogen) atoms. The number of ether oxygens (including phenoxy) is 1. The molecule has 1 heterocycles. The maximum Gasteiger partial charge on any atom is 0.309 e.